The fourth-order valence-corrected chi connectivity index (χ4v) is 2.46. The van der Waals surface area contributed by atoms with Crippen LogP contribution in [0.4, 0.5) is 5.82 Å². The summed E-state index contributed by atoms with van der Waals surface area (Å²) in [5.41, 5.74) is 1.36. The molecule has 0 aliphatic carbocycles. The van der Waals surface area contributed by atoms with Gasteiger partial charge in [0.2, 0.25) is 0 Å². The van der Waals surface area contributed by atoms with Crippen LogP contribution in [0.5, 0.6) is 0 Å². The minimum atomic E-state index is -0.407. The predicted molar refractivity (Wildman–Crippen MR) is 96.1 cm³/mol. The number of hydrogen-bond donors (Lipinski definition) is 1. The fraction of sp³-hybridized carbons (Fsp3) is 0.0588. The number of carbonyl (C=O) groups is 1. The second kappa shape index (κ2) is 6.85. The number of furan rings is 1. The molecule has 0 radical (unpaired) electrons. The first-order valence-corrected chi connectivity index (χ1v) is 8.07. The lowest BCUT2D eigenvalue weighted by atomic mass is 10.2. The van der Waals surface area contributed by atoms with E-state index in [1.165, 1.54) is 0 Å². The van der Waals surface area contributed by atoms with Gasteiger partial charge in [0.25, 0.3) is 5.91 Å². The molecule has 1 aromatic carbocycles. The maximum atomic E-state index is 12.3. The van der Waals surface area contributed by atoms with Crippen molar-refractivity contribution in [1.29, 1.82) is 0 Å². The van der Waals surface area contributed by atoms with Gasteiger partial charge in [-0.2, -0.15) is 0 Å². The van der Waals surface area contributed by atoms with Crippen molar-refractivity contribution in [1.82, 2.24) is 4.98 Å². The molecule has 24 heavy (non-hydrogen) atoms. The molecule has 3 aromatic rings. The average Bonchev–Trinajstić information content (AvgIpc) is 3.04. The largest absolute Gasteiger partial charge is 0.451 e. The number of anilines is 1. The van der Waals surface area contributed by atoms with E-state index in [0.717, 1.165) is 5.56 Å². The van der Waals surface area contributed by atoms with Gasteiger partial charge in [-0.3, -0.25) is 4.79 Å². The van der Waals surface area contributed by atoms with Crippen molar-refractivity contribution in [2.45, 2.75) is 6.92 Å². The Bertz CT molecular complexity index is 922. The lowest BCUT2D eigenvalue weighted by molar-refractivity contribution is 0.0997. The molecule has 1 N–H and O–H groups in total. The highest BCUT2D eigenvalue weighted by Crippen LogP contribution is 2.29. The maximum Gasteiger partial charge on any atom is 0.292 e. The molecule has 3 rings (SSSR count). The Morgan fingerprint density at radius 2 is 1.75 bits per heavy atom. The smallest absolute Gasteiger partial charge is 0.292 e. The average molecular weight is 382 g/mol. The van der Waals surface area contributed by atoms with Crippen LogP contribution >= 0.6 is 34.8 Å². The topological polar surface area (TPSA) is 55.1 Å². The van der Waals surface area contributed by atoms with Gasteiger partial charge >= 0.3 is 0 Å². The number of nitrogens with zero attached hydrogens (tertiary/aromatic N) is 1. The summed E-state index contributed by atoms with van der Waals surface area (Å²) in [6.45, 7) is 1.76. The zero-order chi connectivity index (χ0) is 17.3. The normalized spacial score (nSPS) is 10.7. The number of hydrogen-bond acceptors (Lipinski definition) is 3. The molecule has 122 valence electrons. The van der Waals surface area contributed by atoms with Crippen molar-refractivity contribution >= 4 is 46.5 Å². The summed E-state index contributed by atoms with van der Waals surface area (Å²) >= 11 is 17.8. The van der Waals surface area contributed by atoms with Crippen LogP contribution in [0.1, 0.15) is 16.2 Å². The van der Waals surface area contributed by atoms with Crippen molar-refractivity contribution in [3.05, 3.63) is 69.0 Å². The highest BCUT2D eigenvalue weighted by Gasteiger charge is 2.14. The molecule has 0 saturated carbocycles. The number of pyridine rings is 1. The number of carbonyl (C=O) groups excluding carboxylic acids is 1. The molecular formula is C17H11Cl3N2O2. The second-order valence-electron chi connectivity index (χ2n) is 5.01. The third-order valence-electron chi connectivity index (χ3n) is 3.30. The van der Waals surface area contributed by atoms with E-state index >= 15 is 0 Å². The Kier molecular flexibility index (Phi) is 4.81. The van der Waals surface area contributed by atoms with Crippen molar-refractivity contribution in [2.75, 3.05) is 5.32 Å². The highest BCUT2D eigenvalue weighted by atomic mass is 35.5. The summed E-state index contributed by atoms with van der Waals surface area (Å²) in [5.74, 6) is 0.661. The molecule has 0 aliphatic heterocycles. The van der Waals surface area contributed by atoms with E-state index in [0.29, 0.717) is 32.3 Å². The molecule has 2 aromatic heterocycles. The predicted octanol–water partition coefficient (Wildman–Crippen LogP) is 5.86. The number of aromatic nitrogens is 1. The number of rotatable bonds is 3. The standard InChI is InChI=1S/C17H11Cl3N2O2/c1-9-11(18)4-7-16(21-9)22-17(23)15-6-5-14(24-15)10-2-3-12(19)13(20)8-10/h2-8H,1H3,(H,21,22,23). The van der Waals surface area contributed by atoms with Crippen LogP contribution in [0.3, 0.4) is 0 Å². The molecule has 0 spiro atoms. The number of halogens is 3. The van der Waals surface area contributed by atoms with E-state index in [1.807, 2.05) is 0 Å². The van der Waals surface area contributed by atoms with Crippen molar-refractivity contribution in [3.8, 4) is 11.3 Å². The van der Waals surface area contributed by atoms with Gasteiger partial charge in [-0.05, 0) is 49.4 Å². The van der Waals surface area contributed by atoms with Gasteiger partial charge in [0.15, 0.2) is 5.76 Å². The van der Waals surface area contributed by atoms with Crippen LogP contribution in [0.2, 0.25) is 15.1 Å². The Morgan fingerprint density at radius 3 is 2.46 bits per heavy atom. The molecule has 0 saturated heterocycles. The van der Waals surface area contributed by atoms with E-state index in [4.69, 9.17) is 39.2 Å². The first-order valence-electron chi connectivity index (χ1n) is 6.94. The van der Waals surface area contributed by atoms with Gasteiger partial charge in [-0.15, -0.1) is 0 Å². The summed E-state index contributed by atoms with van der Waals surface area (Å²) in [4.78, 5) is 16.4. The zero-order valence-corrected chi connectivity index (χ0v) is 14.7. The van der Waals surface area contributed by atoms with E-state index in [2.05, 4.69) is 10.3 Å². The Morgan fingerprint density at radius 1 is 1.00 bits per heavy atom. The molecule has 7 heteroatoms. The van der Waals surface area contributed by atoms with Gasteiger partial charge in [0.1, 0.15) is 11.6 Å². The van der Waals surface area contributed by atoms with Gasteiger partial charge < -0.3 is 9.73 Å². The first-order chi connectivity index (χ1) is 11.4. The van der Waals surface area contributed by atoms with Gasteiger partial charge in [0.05, 0.1) is 20.8 Å². The van der Waals surface area contributed by atoms with Crippen LogP contribution in [0.15, 0.2) is 46.9 Å². The summed E-state index contributed by atoms with van der Waals surface area (Å²) in [6, 6.07) is 11.7. The number of benzene rings is 1. The second-order valence-corrected chi connectivity index (χ2v) is 6.23. The van der Waals surface area contributed by atoms with Crippen molar-refractivity contribution in [2.24, 2.45) is 0 Å². The highest BCUT2D eigenvalue weighted by molar-refractivity contribution is 6.42. The summed E-state index contributed by atoms with van der Waals surface area (Å²) in [6.07, 6.45) is 0. The lowest BCUT2D eigenvalue weighted by Crippen LogP contribution is -2.12. The molecule has 4 nitrogen and oxygen atoms in total. The first kappa shape index (κ1) is 16.8. The SMILES string of the molecule is Cc1nc(NC(=O)c2ccc(-c3ccc(Cl)c(Cl)c3)o2)ccc1Cl. The molecule has 2 heterocycles. The molecule has 0 aliphatic rings. The minimum Gasteiger partial charge on any atom is -0.451 e. The van der Waals surface area contributed by atoms with Gasteiger partial charge in [-0.25, -0.2) is 4.98 Å². The Hall–Kier alpha value is -2.01. The van der Waals surface area contributed by atoms with E-state index in [9.17, 15) is 4.79 Å². The van der Waals surface area contributed by atoms with E-state index in [-0.39, 0.29) is 5.76 Å². The molecule has 0 unspecified atom stereocenters. The Labute approximate surface area is 153 Å². The van der Waals surface area contributed by atoms with Crippen LogP contribution in [0.25, 0.3) is 11.3 Å². The molecule has 0 bridgehead atoms. The minimum absolute atomic E-state index is 0.158. The summed E-state index contributed by atoms with van der Waals surface area (Å²) in [5, 5.41) is 4.06. The molecule has 1 amide bonds. The third kappa shape index (κ3) is 3.56. The monoisotopic (exact) mass is 380 g/mol. The summed E-state index contributed by atoms with van der Waals surface area (Å²) in [7, 11) is 0. The van der Waals surface area contributed by atoms with Crippen LogP contribution in [-0.4, -0.2) is 10.9 Å². The summed E-state index contributed by atoms with van der Waals surface area (Å²) < 4.78 is 5.58. The Balaban J connectivity index is 1.80. The maximum absolute atomic E-state index is 12.3. The van der Waals surface area contributed by atoms with Crippen molar-refractivity contribution in [3.63, 3.8) is 0 Å². The molecule has 0 atom stereocenters. The molecule has 0 fully saturated rings. The van der Waals surface area contributed by atoms with Crippen LogP contribution in [0, 0.1) is 6.92 Å². The molecular weight excluding hydrogens is 371 g/mol. The van der Waals surface area contributed by atoms with E-state index < -0.39 is 5.91 Å². The van der Waals surface area contributed by atoms with Crippen molar-refractivity contribution < 1.29 is 9.21 Å². The number of nitrogens with one attached hydrogen (secondary N) is 1. The quantitative estimate of drug-likeness (QED) is 0.618. The lowest BCUT2D eigenvalue weighted by Gasteiger charge is -2.04. The van der Waals surface area contributed by atoms with Gasteiger partial charge in [0, 0.05) is 5.56 Å². The third-order valence-corrected chi connectivity index (χ3v) is 4.44. The number of aryl methyl sites for hydroxylation is 1. The van der Waals surface area contributed by atoms with Crippen LogP contribution in [-0.2, 0) is 0 Å². The van der Waals surface area contributed by atoms with Gasteiger partial charge in [-0.1, -0.05) is 34.8 Å². The number of amides is 1. The fourth-order valence-electron chi connectivity index (χ4n) is 2.06. The van der Waals surface area contributed by atoms with Crippen LogP contribution < -0.4 is 5.32 Å². The zero-order valence-electron chi connectivity index (χ0n) is 12.4. The van der Waals surface area contributed by atoms with E-state index in [1.54, 1.807) is 49.4 Å².